The smallest absolute Gasteiger partial charge is 0.273 e. The number of aromatic nitrogens is 2. The number of benzene rings is 1. The summed E-state index contributed by atoms with van der Waals surface area (Å²) in [5.74, 6) is 0.490. The SMILES string of the molecule is CCOCCCN1C(=O)c2cc(-c3ccc(OC)cc3)nn2C[C@]1(C)C(=O)NC1CCCCC1. The van der Waals surface area contributed by atoms with Gasteiger partial charge in [0.2, 0.25) is 5.91 Å². The second-order valence-electron chi connectivity index (χ2n) is 9.39. The molecular weight excluding hydrogens is 432 g/mol. The van der Waals surface area contributed by atoms with Gasteiger partial charge in [0, 0.05) is 31.4 Å². The van der Waals surface area contributed by atoms with Crippen LogP contribution in [0, 0.1) is 0 Å². The molecule has 2 aliphatic rings. The maximum atomic E-state index is 13.7. The molecule has 1 fully saturated rings. The van der Waals surface area contributed by atoms with Gasteiger partial charge < -0.3 is 19.7 Å². The Kier molecular flexibility index (Phi) is 7.56. The predicted molar refractivity (Wildman–Crippen MR) is 130 cm³/mol. The first-order chi connectivity index (χ1) is 16.5. The van der Waals surface area contributed by atoms with Gasteiger partial charge in [0.25, 0.3) is 5.91 Å². The Morgan fingerprint density at radius 1 is 1.21 bits per heavy atom. The molecule has 2 heterocycles. The number of nitrogens with zero attached hydrogens (tertiary/aromatic N) is 3. The Bertz CT molecular complexity index is 997. The fraction of sp³-hybridized carbons (Fsp3) is 0.577. The second-order valence-corrected chi connectivity index (χ2v) is 9.39. The van der Waals surface area contributed by atoms with E-state index in [1.165, 1.54) is 6.42 Å². The molecule has 1 aliphatic carbocycles. The Balaban J connectivity index is 1.61. The van der Waals surface area contributed by atoms with E-state index in [-0.39, 0.29) is 17.9 Å². The fourth-order valence-corrected chi connectivity index (χ4v) is 4.95. The predicted octanol–water partition coefficient (Wildman–Crippen LogP) is 3.65. The summed E-state index contributed by atoms with van der Waals surface area (Å²) in [6.45, 7) is 5.77. The Morgan fingerprint density at radius 2 is 1.94 bits per heavy atom. The summed E-state index contributed by atoms with van der Waals surface area (Å²) in [4.78, 5) is 29.0. The molecule has 1 saturated carbocycles. The van der Waals surface area contributed by atoms with Gasteiger partial charge in [-0.25, -0.2) is 0 Å². The molecule has 0 saturated heterocycles. The van der Waals surface area contributed by atoms with Crippen molar-refractivity contribution in [1.29, 1.82) is 0 Å². The summed E-state index contributed by atoms with van der Waals surface area (Å²) in [6.07, 6.45) is 6.14. The van der Waals surface area contributed by atoms with Crippen molar-refractivity contribution in [3.63, 3.8) is 0 Å². The normalized spacial score (nSPS) is 20.8. The first kappa shape index (κ1) is 24.3. The van der Waals surface area contributed by atoms with Gasteiger partial charge in [-0.1, -0.05) is 19.3 Å². The van der Waals surface area contributed by atoms with E-state index in [4.69, 9.17) is 14.6 Å². The van der Waals surface area contributed by atoms with E-state index in [1.807, 2.05) is 44.2 Å². The van der Waals surface area contributed by atoms with Gasteiger partial charge >= 0.3 is 0 Å². The number of fused-ring (bicyclic) bond motifs is 1. The Labute approximate surface area is 201 Å². The molecule has 0 spiro atoms. The summed E-state index contributed by atoms with van der Waals surface area (Å²) in [7, 11) is 1.63. The van der Waals surface area contributed by atoms with E-state index in [2.05, 4.69) is 5.32 Å². The molecule has 0 radical (unpaired) electrons. The molecule has 2 aromatic rings. The zero-order chi connectivity index (χ0) is 24.1. The first-order valence-electron chi connectivity index (χ1n) is 12.4. The molecule has 4 rings (SSSR count). The minimum atomic E-state index is -1.02. The van der Waals surface area contributed by atoms with Gasteiger partial charge in [0.15, 0.2) is 0 Å². The number of hydrogen-bond acceptors (Lipinski definition) is 5. The van der Waals surface area contributed by atoms with Crippen molar-refractivity contribution in [2.45, 2.75) is 70.5 Å². The van der Waals surface area contributed by atoms with E-state index in [9.17, 15) is 9.59 Å². The number of methoxy groups -OCH3 is 1. The number of hydrogen-bond donors (Lipinski definition) is 1. The van der Waals surface area contributed by atoms with Crippen molar-refractivity contribution < 1.29 is 19.1 Å². The van der Waals surface area contributed by atoms with Gasteiger partial charge in [-0.2, -0.15) is 5.10 Å². The van der Waals surface area contributed by atoms with Crippen molar-refractivity contribution in [3.05, 3.63) is 36.0 Å². The largest absolute Gasteiger partial charge is 0.497 e. The summed E-state index contributed by atoms with van der Waals surface area (Å²) >= 11 is 0. The average Bonchev–Trinajstić information content (AvgIpc) is 3.28. The van der Waals surface area contributed by atoms with Crippen LogP contribution in [0.2, 0.25) is 0 Å². The van der Waals surface area contributed by atoms with Gasteiger partial charge in [-0.05, 0) is 63.4 Å². The summed E-state index contributed by atoms with van der Waals surface area (Å²) in [5, 5.41) is 7.96. The van der Waals surface area contributed by atoms with Gasteiger partial charge in [-0.3, -0.25) is 14.3 Å². The third kappa shape index (κ3) is 4.97. The molecule has 0 bridgehead atoms. The minimum Gasteiger partial charge on any atom is -0.497 e. The monoisotopic (exact) mass is 468 g/mol. The lowest BCUT2D eigenvalue weighted by molar-refractivity contribution is -0.134. The zero-order valence-corrected chi connectivity index (χ0v) is 20.5. The molecule has 8 nitrogen and oxygen atoms in total. The van der Waals surface area contributed by atoms with E-state index in [0.29, 0.717) is 44.1 Å². The van der Waals surface area contributed by atoms with E-state index in [1.54, 1.807) is 16.7 Å². The van der Waals surface area contributed by atoms with E-state index < -0.39 is 5.54 Å². The van der Waals surface area contributed by atoms with Crippen LogP contribution in [-0.2, 0) is 16.1 Å². The molecule has 0 unspecified atom stereocenters. The van der Waals surface area contributed by atoms with Crippen LogP contribution < -0.4 is 10.1 Å². The molecule has 8 heteroatoms. The van der Waals surface area contributed by atoms with Crippen LogP contribution in [0.25, 0.3) is 11.3 Å². The van der Waals surface area contributed by atoms with Gasteiger partial charge in [-0.15, -0.1) is 0 Å². The zero-order valence-electron chi connectivity index (χ0n) is 20.5. The van der Waals surface area contributed by atoms with Crippen LogP contribution in [0.1, 0.15) is 62.9 Å². The molecule has 1 atom stereocenters. The number of nitrogens with one attached hydrogen (secondary N) is 1. The molecule has 1 aromatic carbocycles. The van der Waals surface area contributed by atoms with E-state index in [0.717, 1.165) is 37.0 Å². The Morgan fingerprint density at radius 3 is 2.62 bits per heavy atom. The first-order valence-corrected chi connectivity index (χ1v) is 12.4. The van der Waals surface area contributed by atoms with E-state index >= 15 is 0 Å². The van der Waals surface area contributed by atoms with Crippen molar-refractivity contribution in [3.8, 4) is 17.0 Å². The van der Waals surface area contributed by atoms with Crippen LogP contribution in [0.4, 0.5) is 0 Å². The summed E-state index contributed by atoms with van der Waals surface area (Å²) < 4.78 is 12.4. The third-order valence-corrected chi connectivity index (χ3v) is 6.99. The molecule has 2 amide bonds. The number of amides is 2. The highest BCUT2D eigenvalue weighted by atomic mass is 16.5. The van der Waals surface area contributed by atoms with Crippen LogP contribution in [-0.4, -0.2) is 64.9 Å². The van der Waals surface area contributed by atoms with Crippen LogP contribution in [0.3, 0.4) is 0 Å². The lowest BCUT2D eigenvalue weighted by Gasteiger charge is -2.44. The van der Waals surface area contributed by atoms with Crippen molar-refractivity contribution in [1.82, 2.24) is 20.0 Å². The van der Waals surface area contributed by atoms with Crippen molar-refractivity contribution in [2.24, 2.45) is 0 Å². The Hall–Kier alpha value is -2.87. The molecule has 34 heavy (non-hydrogen) atoms. The van der Waals surface area contributed by atoms with Crippen LogP contribution in [0.15, 0.2) is 30.3 Å². The molecule has 1 aromatic heterocycles. The summed E-state index contributed by atoms with van der Waals surface area (Å²) in [6, 6.07) is 9.58. The summed E-state index contributed by atoms with van der Waals surface area (Å²) in [5.41, 5.74) is 1.09. The number of rotatable bonds is 9. The molecular formula is C26H36N4O4. The van der Waals surface area contributed by atoms with Crippen LogP contribution in [0.5, 0.6) is 5.75 Å². The number of ether oxygens (including phenoxy) is 2. The average molecular weight is 469 g/mol. The highest BCUT2D eigenvalue weighted by Crippen LogP contribution is 2.31. The number of carbonyl (C=O) groups is 2. The molecule has 184 valence electrons. The highest BCUT2D eigenvalue weighted by Gasteiger charge is 2.48. The standard InChI is InChI=1S/C26H36N4O4/c1-4-34-16-8-15-29-24(31)23-17-22(19-11-13-21(33-3)14-12-19)28-30(23)18-26(29,2)25(32)27-20-9-6-5-7-10-20/h11-14,17,20H,4-10,15-16,18H2,1-3H3,(H,27,32)/t26-/m1/s1. The lowest BCUT2D eigenvalue weighted by atomic mass is 9.91. The third-order valence-electron chi connectivity index (χ3n) is 6.99. The van der Waals surface area contributed by atoms with Crippen molar-refractivity contribution >= 4 is 11.8 Å². The second kappa shape index (κ2) is 10.6. The minimum absolute atomic E-state index is 0.101. The van der Waals surface area contributed by atoms with Gasteiger partial charge in [0.05, 0.1) is 19.3 Å². The van der Waals surface area contributed by atoms with Gasteiger partial charge in [0.1, 0.15) is 17.0 Å². The molecule has 1 aliphatic heterocycles. The topological polar surface area (TPSA) is 85.7 Å². The lowest BCUT2D eigenvalue weighted by Crippen LogP contribution is -2.65. The maximum Gasteiger partial charge on any atom is 0.273 e. The molecule has 1 N–H and O–H groups in total. The highest BCUT2D eigenvalue weighted by molar-refractivity contribution is 6.00. The number of carbonyl (C=O) groups excluding carboxylic acids is 2. The maximum absolute atomic E-state index is 13.7. The quantitative estimate of drug-likeness (QED) is 0.568. The van der Waals surface area contributed by atoms with Crippen LogP contribution >= 0.6 is 0 Å². The van der Waals surface area contributed by atoms with Crippen molar-refractivity contribution in [2.75, 3.05) is 26.9 Å². The fourth-order valence-electron chi connectivity index (χ4n) is 4.95.